The number of thiazole rings is 1. The second-order valence-electron chi connectivity index (χ2n) is 6.06. The molecule has 0 bridgehead atoms. The van der Waals surface area contributed by atoms with E-state index in [1.54, 1.807) is 7.11 Å². The van der Waals surface area contributed by atoms with E-state index in [0.717, 1.165) is 32.9 Å². The van der Waals surface area contributed by atoms with Crippen molar-refractivity contribution >= 4 is 27.5 Å². The Kier molecular flexibility index (Phi) is 5.04. The molecule has 1 amide bonds. The fourth-order valence-electron chi connectivity index (χ4n) is 2.81. The molecule has 1 aromatic heterocycles. The third-order valence-corrected chi connectivity index (χ3v) is 5.39. The SMILES string of the molecule is CCn1c(=NC(=O)Cc2ccc(C)c(C)c2)sc2cc(OC)ccc21. The van der Waals surface area contributed by atoms with Gasteiger partial charge in [-0.05, 0) is 55.7 Å². The van der Waals surface area contributed by atoms with Crippen molar-refractivity contribution in [2.45, 2.75) is 33.7 Å². The van der Waals surface area contributed by atoms with E-state index in [1.165, 1.54) is 22.5 Å². The number of fused-ring (bicyclic) bond motifs is 1. The molecule has 0 unspecified atom stereocenters. The predicted octanol–water partition coefficient (Wildman–Crippen LogP) is 4.02. The number of aryl methyl sites for hydroxylation is 3. The molecule has 0 atom stereocenters. The van der Waals surface area contributed by atoms with Crippen LogP contribution >= 0.6 is 11.3 Å². The Balaban J connectivity index is 1.96. The van der Waals surface area contributed by atoms with E-state index in [0.29, 0.717) is 6.42 Å². The minimum absolute atomic E-state index is 0.121. The summed E-state index contributed by atoms with van der Waals surface area (Å²) in [6, 6.07) is 12.0. The molecule has 5 heteroatoms. The molecule has 0 saturated heterocycles. The van der Waals surface area contributed by atoms with Gasteiger partial charge in [0.05, 0.1) is 23.7 Å². The van der Waals surface area contributed by atoms with Crippen molar-refractivity contribution < 1.29 is 9.53 Å². The number of carbonyl (C=O) groups excluding carboxylic acids is 1. The van der Waals surface area contributed by atoms with Gasteiger partial charge in [0.1, 0.15) is 5.75 Å². The highest BCUT2D eigenvalue weighted by atomic mass is 32.1. The van der Waals surface area contributed by atoms with Crippen LogP contribution in [0.1, 0.15) is 23.6 Å². The summed E-state index contributed by atoms with van der Waals surface area (Å²) in [5, 5.41) is 0. The third kappa shape index (κ3) is 3.66. The average molecular weight is 354 g/mol. The Morgan fingerprint density at radius 2 is 1.96 bits per heavy atom. The Morgan fingerprint density at radius 3 is 2.64 bits per heavy atom. The van der Waals surface area contributed by atoms with E-state index in [9.17, 15) is 4.79 Å². The summed E-state index contributed by atoms with van der Waals surface area (Å²) in [6.45, 7) is 6.96. The minimum atomic E-state index is -0.121. The third-order valence-electron chi connectivity index (χ3n) is 4.35. The van der Waals surface area contributed by atoms with Crippen LogP contribution in [0.25, 0.3) is 10.2 Å². The Morgan fingerprint density at radius 1 is 1.16 bits per heavy atom. The number of carbonyl (C=O) groups is 1. The minimum Gasteiger partial charge on any atom is -0.497 e. The molecule has 0 aliphatic carbocycles. The number of amides is 1. The van der Waals surface area contributed by atoms with E-state index < -0.39 is 0 Å². The van der Waals surface area contributed by atoms with Crippen molar-refractivity contribution in [3.63, 3.8) is 0 Å². The van der Waals surface area contributed by atoms with Gasteiger partial charge >= 0.3 is 0 Å². The van der Waals surface area contributed by atoms with Crippen LogP contribution in [0.15, 0.2) is 41.4 Å². The van der Waals surface area contributed by atoms with Crippen LogP contribution in [-0.2, 0) is 17.8 Å². The molecule has 0 radical (unpaired) electrons. The van der Waals surface area contributed by atoms with E-state index in [-0.39, 0.29) is 5.91 Å². The molecule has 3 rings (SSSR count). The number of rotatable bonds is 4. The second-order valence-corrected chi connectivity index (χ2v) is 7.07. The predicted molar refractivity (Wildman–Crippen MR) is 102 cm³/mol. The van der Waals surface area contributed by atoms with Crippen LogP contribution in [0, 0.1) is 13.8 Å². The van der Waals surface area contributed by atoms with Crippen molar-refractivity contribution in [2.75, 3.05) is 7.11 Å². The van der Waals surface area contributed by atoms with Crippen LogP contribution in [0.4, 0.5) is 0 Å². The van der Waals surface area contributed by atoms with Crippen molar-refractivity contribution in [2.24, 2.45) is 4.99 Å². The van der Waals surface area contributed by atoms with Crippen molar-refractivity contribution in [3.8, 4) is 5.75 Å². The zero-order valence-corrected chi connectivity index (χ0v) is 15.8. The number of benzene rings is 2. The number of methoxy groups -OCH3 is 1. The zero-order chi connectivity index (χ0) is 18.0. The van der Waals surface area contributed by atoms with Gasteiger partial charge in [0.25, 0.3) is 5.91 Å². The van der Waals surface area contributed by atoms with Crippen LogP contribution in [0.3, 0.4) is 0 Å². The van der Waals surface area contributed by atoms with Crippen LogP contribution in [-0.4, -0.2) is 17.6 Å². The van der Waals surface area contributed by atoms with Gasteiger partial charge in [0.2, 0.25) is 0 Å². The molecule has 0 N–H and O–H groups in total. The summed E-state index contributed by atoms with van der Waals surface area (Å²) in [4.78, 5) is 17.6. The molecule has 0 fully saturated rings. The molecule has 2 aromatic carbocycles. The molecule has 0 aliphatic rings. The fraction of sp³-hybridized carbons (Fsp3) is 0.300. The number of hydrogen-bond donors (Lipinski definition) is 0. The molecule has 3 aromatic rings. The molecular formula is C20H22N2O2S. The topological polar surface area (TPSA) is 43.6 Å². The standard InChI is InChI=1S/C20H22N2O2S/c1-5-22-17-9-8-16(24-4)12-18(17)25-20(22)21-19(23)11-15-7-6-13(2)14(3)10-15/h6-10,12H,5,11H2,1-4H3. The van der Waals surface area contributed by atoms with Gasteiger partial charge < -0.3 is 9.30 Å². The van der Waals surface area contributed by atoms with Gasteiger partial charge in [0.15, 0.2) is 4.80 Å². The molecular weight excluding hydrogens is 332 g/mol. The first-order chi connectivity index (χ1) is 12.0. The Hall–Kier alpha value is -2.40. The lowest BCUT2D eigenvalue weighted by Crippen LogP contribution is -2.16. The van der Waals surface area contributed by atoms with E-state index >= 15 is 0 Å². The van der Waals surface area contributed by atoms with Crippen molar-refractivity contribution in [1.82, 2.24) is 4.57 Å². The first kappa shape index (κ1) is 17.4. The highest BCUT2D eigenvalue weighted by Gasteiger charge is 2.09. The first-order valence-corrected chi connectivity index (χ1v) is 9.14. The van der Waals surface area contributed by atoms with Gasteiger partial charge in [-0.3, -0.25) is 4.79 Å². The second kappa shape index (κ2) is 7.23. The van der Waals surface area contributed by atoms with Gasteiger partial charge in [0, 0.05) is 6.54 Å². The number of ether oxygens (including phenoxy) is 1. The lowest BCUT2D eigenvalue weighted by Gasteiger charge is -2.03. The summed E-state index contributed by atoms with van der Waals surface area (Å²) >= 11 is 1.52. The molecule has 130 valence electrons. The Bertz CT molecular complexity index is 999. The highest BCUT2D eigenvalue weighted by molar-refractivity contribution is 7.16. The molecule has 0 spiro atoms. The number of aromatic nitrogens is 1. The van der Waals surface area contributed by atoms with Crippen LogP contribution in [0.5, 0.6) is 5.75 Å². The maximum absolute atomic E-state index is 12.4. The van der Waals surface area contributed by atoms with E-state index in [2.05, 4.69) is 42.5 Å². The van der Waals surface area contributed by atoms with E-state index in [1.807, 2.05) is 24.3 Å². The van der Waals surface area contributed by atoms with Crippen molar-refractivity contribution in [3.05, 3.63) is 57.9 Å². The van der Waals surface area contributed by atoms with Gasteiger partial charge in [-0.15, -0.1) is 0 Å². The van der Waals surface area contributed by atoms with Gasteiger partial charge in [-0.25, -0.2) is 0 Å². The summed E-state index contributed by atoms with van der Waals surface area (Å²) < 4.78 is 8.42. The van der Waals surface area contributed by atoms with Crippen LogP contribution < -0.4 is 9.54 Å². The molecule has 4 nitrogen and oxygen atoms in total. The summed E-state index contributed by atoms with van der Waals surface area (Å²) in [5.41, 5.74) is 4.51. The summed E-state index contributed by atoms with van der Waals surface area (Å²) in [5.74, 6) is 0.689. The normalized spacial score (nSPS) is 11.9. The quantitative estimate of drug-likeness (QED) is 0.710. The monoisotopic (exact) mass is 354 g/mol. The maximum Gasteiger partial charge on any atom is 0.252 e. The molecule has 1 heterocycles. The molecule has 0 saturated carbocycles. The van der Waals surface area contributed by atoms with Crippen LogP contribution in [0.2, 0.25) is 0 Å². The van der Waals surface area contributed by atoms with E-state index in [4.69, 9.17) is 4.74 Å². The zero-order valence-electron chi connectivity index (χ0n) is 15.0. The maximum atomic E-state index is 12.4. The lowest BCUT2D eigenvalue weighted by molar-refractivity contribution is -0.117. The highest BCUT2D eigenvalue weighted by Crippen LogP contribution is 2.23. The summed E-state index contributed by atoms with van der Waals surface area (Å²) in [7, 11) is 1.65. The lowest BCUT2D eigenvalue weighted by atomic mass is 10.0. The average Bonchev–Trinajstić information content (AvgIpc) is 2.93. The summed E-state index contributed by atoms with van der Waals surface area (Å²) in [6.07, 6.45) is 0.322. The first-order valence-electron chi connectivity index (χ1n) is 8.33. The largest absolute Gasteiger partial charge is 0.497 e. The molecule has 25 heavy (non-hydrogen) atoms. The fourth-order valence-corrected chi connectivity index (χ4v) is 3.95. The smallest absolute Gasteiger partial charge is 0.252 e. The van der Waals surface area contributed by atoms with Crippen molar-refractivity contribution in [1.29, 1.82) is 0 Å². The Labute approximate surface area is 151 Å². The number of hydrogen-bond acceptors (Lipinski definition) is 3. The number of nitrogens with zero attached hydrogens (tertiary/aromatic N) is 2. The molecule has 0 aliphatic heterocycles. The van der Waals surface area contributed by atoms with Gasteiger partial charge in [-0.2, -0.15) is 4.99 Å². The van der Waals surface area contributed by atoms with Gasteiger partial charge in [-0.1, -0.05) is 29.5 Å².